The summed E-state index contributed by atoms with van der Waals surface area (Å²) in [4.78, 5) is 28.6. The van der Waals surface area contributed by atoms with Crippen molar-refractivity contribution in [3.05, 3.63) is 59.9 Å². The molecule has 8 nitrogen and oxygen atoms in total. The Hall–Kier alpha value is -3.33. The number of phenolic OH excluding ortho intramolecular Hbond substituents is 1. The van der Waals surface area contributed by atoms with E-state index in [0.29, 0.717) is 58.0 Å². The number of benzene rings is 2. The lowest BCUT2D eigenvalue weighted by Crippen LogP contribution is -2.48. The molecule has 0 radical (unpaired) electrons. The molecule has 2 fully saturated rings. The van der Waals surface area contributed by atoms with Crippen LogP contribution in [0.3, 0.4) is 0 Å². The third kappa shape index (κ3) is 6.60. The molecule has 2 aromatic rings. The van der Waals surface area contributed by atoms with E-state index >= 15 is 0 Å². The summed E-state index contributed by atoms with van der Waals surface area (Å²) in [6.45, 7) is 4.55. The molecule has 2 heterocycles. The molecule has 2 atom stereocenters. The van der Waals surface area contributed by atoms with Gasteiger partial charge in [0.1, 0.15) is 17.3 Å². The highest BCUT2D eigenvalue weighted by Gasteiger charge is 2.32. The number of carbonyl (C=O) groups is 2. The number of phenols is 1. The van der Waals surface area contributed by atoms with E-state index in [0.717, 1.165) is 12.1 Å². The van der Waals surface area contributed by atoms with Gasteiger partial charge < -0.3 is 25.4 Å². The highest BCUT2D eigenvalue weighted by molar-refractivity contribution is 5.79. The van der Waals surface area contributed by atoms with Crippen LogP contribution < -0.4 is 15.4 Å². The summed E-state index contributed by atoms with van der Waals surface area (Å²) in [6.07, 6.45) is 0.664. The SMILES string of the molecule is O=C(NCCN1CCNC1=O)[C@@H]1C[C@H](COc2cccc(F)c2)CN(Cc2ccc(O)cc2)C1. The number of ether oxygens (including phenoxy) is 1. The van der Waals surface area contributed by atoms with Crippen LogP contribution in [0, 0.1) is 17.7 Å². The Labute approximate surface area is 198 Å². The maximum atomic E-state index is 13.5. The molecule has 0 aromatic heterocycles. The average Bonchev–Trinajstić information content (AvgIpc) is 3.23. The first-order valence-electron chi connectivity index (χ1n) is 11.7. The lowest BCUT2D eigenvalue weighted by atomic mass is 9.88. The van der Waals surface area contributed by atoms with Crippen molar-refractivity contribution in [2.45, 2.75) is 13.0 Å². The van der Waals surface area contributed by atoms with Crippen molar-refractivity contribution in [3.8, 4) is 11.5 Å². The number of hydrogen-bond acceptors (Lipinski definition) is 5. The first-order chi connectivity index (χ1) is 16.5. The lowest BCUT2D eigenvalue weighted by Gasteiger charge is -2.37. The predicted molar refractivity (Wildman–Crippen MR) is 125 cm³/mol. The predicted octanol–water partition coefficient (Wildman–Crippen LogP) is 2.19. The van der Waals surface area contributed by atoms with Crippen LogP contribution in [0.25, 0.3) is 0 Å². The highest BCUT2D eigenvalue weighted by Crippen LogP contribution is 2.25. The molecular formula is C25H31FN4O4. The standard InChI is InChI=1S/C25H31FN4O4/c26-21-2-1-3-23(13-21)34-17-19-12-20(24(32)27-8-10-30-11-9-28-25(30)33)16-29(15-19)14-18-4-6-22(31)7-5-18/h1-7,13,19-20,31H,8-12,14-17H2,(H,27,32)(H,28,33)/t19-,20+/m0/s1. The van der Waals surface area contributed by atoms with Crippen LogP contribution in [-0.4, -0.2) is 72.7 Å². The monoisotopic (exact) mass is 470 g/mol. The minimum atomic E-state index is -0.348. The van der Waals surface area contributed by atoms with Crippen LogP contribution in [0.2, 0.25) is 0 Å². The van der Waals surface area contributed by atoms with Gasteiger partial charge in [-0.15, -0.1) is 0 Å². The van der Waals surface area contributed by atoms with Crippen LogP contribution in [0.15, 0.2) is 48.5 Å². The van der Waals surface area contributed by atoms with Gasteiger partial charge in [-0.05, 0) is 36.2 Å². The topological polar surface area (TPSA) is 94.1 Å². The Balaban J connectivity index is 1.36. The van der Waals surface area contributed by atoms with Crippen LogP contribution in [0.4, 0.5) is 9.18 Å². The Morgan fingerprint density at radius 2 is 2.03 bits per heavy atom. The molecule has 0 saturated carbocycles. The number of carbonyl (C=O) groups excluding carboxylic acids is 2. The van der Waals surface area contributed by atoms with Crippen molar-refractivity contribution in [1.82, 2.24) is 20.4 Å². The maximum Gasteiger partial charge on any atom is 0.317 e. The molecule has 9 heteroatoms. The zero-order chi connectivity index (χ0) is 23.9. The smallest absolute Gasteiger partial charge is 0.317 e. The minimum Gasteiger partial charge on any atom is -0.508 e. The summed E-state index contributed by atoms with van der Waals surface area (Å²) in [5, 5.41) is 15.3. The van der Waals surface area contributed by atoms with Gasteiger partial charge in [-0.1, -0.05) is 18.2 Å². The maximum absolute atomic E-state index is 13.5. The largest absolute Gasteiger partial charge is 0.508 e. The molecule has 0 aliphatic carbocycles. The van der Waals surface area contributed by atoms with E-state index in [4.69, 9.17) is 4.74 Å². The fourth-order valence-electron chi connectivity index (χ4n) is 4.56. The molecular weight excluding hydrogens is 439 g/mol. The normalized spacial score (nSPS) is 20.7. The number of urea groups is 1. The summed E-state index contributed by atoms with van der Waals surface area (Å²) in [6, 6.07) is 13.0. The molecule has 2 saturated heterocycles. The zero-order valence-corrected chi connectivity index (χ0v) is 19.1. The molecule has 3 N–H and O–H groups in total. The quantitative estimate of drug-likeness (QED) is 0.522. The van der Waals surface area contributed by atoms with Crippen molar-refractivity contribution in [3.63, 3.8) is 0 Å². The second-order valence-corrected chi connectivity index (χ2v) is 8.94. The van der Waals surface area contributed by atoms with Crippen molar-refractivity contribution in [2.75, 3.05) is 45.9 Å². The molecule has 4 rings (SSSR count). The summed E-state index contributed by atoms with van der Waals surface area (Å²) in [7, 11) is 0. The first kappa shape index (κ1) is 23.8. The summed E-state index contributed by atoms with van der Waals surface area (Å²) >= 11 is 0. The Morgan fingerprint density at radius 1 is 1.21 bits per heavy atom. The Kier molecular flexibility index (Phi) is 7.84. The molecule has 2 aromatic carbocycles. The number of likely N-dealkylation sites (tertiary alicyclic amines) is 1. The molecule has 2 aliphatic heterocycles. The number of amides is 3. The van der Waals surface area contributed by atoms with Crippen molar-refractivity contribution in [2.24, 2.45) is 11.8 Å². The van der Waals surface area contributed by atoms with Crippen LogP contribution in [0.5, 0.6) is 11.5 Å². The number of nitrogens with one attached hydrogen (secondary N) is 2. The lowest BCUT2D eigenvalue weighted by molar-refractivity contribution is -0.127. The van der Waals surface area contributed by atoms with Crippen LogP contribution in [-0.2, 0) is 11.3 Å². The third-order valence-electron chi connectivity index (χ3n) is 6.23. The van der Waals surface area contributed by atoms with Gasteiger partial charge in [-0.2, -0.15) is 0 Å². The van der Waals surface area contributed by atoms with Gasteiger partial charge in [-0.25, -0.2) is 9.18 Å². The van der Waals surface area contributed by atoms with Gasteiger partial charge in [0.15, 0.2) is 0 Å². The average molecular weight is 471 g/mol. The molecule has 0 spiro atoms. The number of halogens is 1. The molecule has 0 bridgehead atoms. The van der Waals surface area contributed by atoms with Crippen molar-refractivity contribution in [1.29, 1.82) is 0 Å². The fraction of sp³-hybridized carbons (Fsp3) is 0.440. The van der Waals surface area contributed by atoms with Crippen LogP contribution >= 0.6 is 0 Å². The zero-order valence-electron chi connectivity index (χ0n) is 19.1. The summed E-state index contributed by atoms with van der Waals surface area (Å²) in [5.74, 6) is 0.173. The van der Waals surface area contributed by atoms with E-state index in [2.05, 4.69) is 15.5 Å². The van der Waals surface area contributed by atoms with E-state index in [-0.39, 0.29) is 35.3 Å². The third-order valence-corrected chi connectivity index (χ3v) is 6.23. The van der Waals surface area contributed by atoms with Gasteiger partial charge in [0, 0.05) is 57.8 Å². The molecule has 34 heavy (non-hydrogen) atoms. The second kappa shape index (κ2) is 11.2. The van der Waals surface area contributed by atoms with E-state index < -0.39 is 0 Å². The first-order valence-corrected chi connectivity index (χ1v) is 11.7. The number of piperidine rings is 1. The Morgan fingerprint density at radius 3 is 2.76 bits per heavy atom. The minimum absolute atomic E-state index is 0.0363. The van der Waals surface area contributed by atoms with Crippen molar-refractivity contribution < 1.29 is 23.8 Å². The van der Waals surface area contributed by atoms with E-state index in [1.807, 2.05) is 12.1 Å². The Bertz CT molecular complexity index is 987. The van der Waals surface area contributed by atoms with Gasteiger partial charge in [0.2, 0.25) is 5.91 Å². The fourth-order valence-corrected chi connectivity index (χ4v) is 4.56. The number of nitrogens with zero attached hydrogens (tertiary/aromatic N) is 2. The second-order valence-electron chi connectivity index (χ2n) is 8.94. The van der Waals surface area contributed by atoms with Crippen molar-refractivity contribution >= 4 is 11.9 Å². The van der Waals surface area contributed by atoms with Crippen LogP contribution in [0.1, 0.15) is 12.0 Å². The molecule has 2 aliphatic rings. The molecule has 182 valence electrons. The van der Waals surface area contributed by atoms with Gasteiger partial charge in [0.25, 0.3) is 0 Å². The highest BCUT2D eigenvalue weighted by atomic mass is 19.1. The van der Waals surface area contributed by atoms with Gasteiger partial charge in [-0.3, -0.25) is 9.69 Å². The van der Waals surface area contributed by atoms with Gasteiger partial charge in [0.05, 0.1) is 12.5 Å². The number of hydrogen-bond donors (Lipinski definition) is 3. The van der Waals surface area contributed by atoms with E-state index in [1.54, 1.807) is 29.2 Å². The van der Waals surface area contributed by atoms with E-state index in [9.17, 15) is 19.1 Å². The number of rotatable bonds is 9. The summed E-state index contributed by atoms with van der Waals surface area (Å²) in [5.41, 5.74) is 1.05. The molecule has 3 amide bonds. The molecule has 0 unspecified atom stereocenters. The van der Waals surface area contributed by atoms with Gasteiger partial charge >= 0.3 is 6.03 Å². The summed E-state index contributed by atoms with van der Waals surface area (Å²) < 4.78 is 19.3. The number of aromatic hydroxyl groups is 1. The van der Waals surface area contributed by atoms with E-state index in [1.165, 1.54) is 12.1 Å².